The highest BCUT2D eigenvalue weighted by atomic mass is 35.5. The van der Waals surface area contributed by atoms with E-state index in [1.165, 1.54) is 0 Å². The second kappa shape index (κ2) is 5.37. The number of hydrogen-bond donors (Lipinski definition) is 0. The molecule has 0 unspecified atom stereocenters. The first-order chi connectivity index (χ1) is 9.31. The first-order valence-corrected chi connectivity index (χ1v) is 6.45. The number of carbonyl (C=O) groups is 1. The molecule has 0 saturated carbocycles. The van der Waals surface area contributed by atoms with Crippen LogP contribution in [0.2, 0.25) is 5.02 Å². The third-order valence-electron chi connectivity index (χ3n) is 2.03. The predicted octanol–water partition coefficient (Wildman–Crippen LogP) is 3.40. The summed E-state index contributed by atoms with van der Waals surface area (Å²) in [4.78, 5) is 10.5. The molecule has 1 aromatic carbocycles. The summed E-state index contributed by atoms with van der Waals surface area (Å²) in [6.45, 7) is 0. The molecule has 1 aromatic rings. The van der Waals surface area contributed by atoms with Crippen molar-refractivity contribution in [3.8, 4) is 5.75 Å². The molecule has 0 fully saturated rings. The summed E-state index contributed by atoms with van der Waals surface area (Å²) in [6, 6.07) is 0.841. The van der Waals surface area contributed by atoms with Gasteiger partial charge in [-0.3, -0.25) is 4.79 Å². The lowest BCUT2D eigenvalue weighted by atomic mass is 10.1. The van der Waals surface area contributed by atoms with Gasteiger partial charge in [0.25, 0.3) is 0 Å². The van der Waals surface area contributed by atoms with Gasteiger partial charge in [-0.05, 0) is 12.1 Å². The number of rotatable bonds is 3. The first kappa shape index (κ1) is 17.6. The molecule has 12 heteroatoms. The van der Waals surface area contributed by atoms with Crippen molar-refractivity contribution in [2.45, 2.75) is 11.7 Å². The Kier molecular flexibility index (Phi) is 4.49. The lowest BCUT2D eigenvalue weighted by Crippen LogP contribution is -2.28. The fourth-order valence-corrected chi connectivity index (χ4v) is 2.02. The topological polar surface area (TPSA) is 60.4 Å². The van der Waals surface area contributed by atoms with Gasteiger partial charge >= 0.3 is 21.8 Å². The van der Waals surface area contributed by atoms with Gasteiger partial charge in [0.05, 0.1) is 10.6 Å². The van der Waals surface area contributed by atoms with Gasteiger partial charge in [0.1, 0.15) is 0 Å². The Morgan fingerprint density at radius 1 is 1.10 bits per heavy atom. The van der Waals surface area contributed by atoms with Crippen LogP contribution in [-0.2, 0) is 16.3 Å². The summed E-state index contributed by atoms with van der Waals surface area (Å²) in [5.41, 5.74) is -8.63. The van der Waals surface area contributed by atoms with Crippen LogP contribution < -0.4 is 4.18 Å². The van der Waals surface area contributed by atoms with Gasteiger partial charge in [0.15, 0.2) is 12.0 Å². The lowest BCUT2D eigenvalue weighted by molar-refractivity contribution is -0.137. The van der Waals surface area contributed by atoms with Gasteiger partial charge in [-0.15, -0.1) is 0 Å². The van der Waals surface area contributed by atoms with E-state index < -0.39 is 43.7 Å². The Bertz CT molecular complexity index is 664. The second-order valence-corrected chi connectivity index (χ2v) is 5.36. The quantitative estimate of drug-likeness (QED) is 0.360. The van der Waals surface area contributed by atoms with Crippen molar-refractivity contribution < 1.29 is 43.7 Å². The fraction of sp³-hybridized carbons (Fsp3) is 0.222. The van der Waals surface area contributed by atoms with Crippen molar-refractivity contribution in [1.29, 1.82) is 0 Å². The molecule has 21 heavy (non-hydrogen) atoms. The minimum absolute atomic E-state index is 0.239. The molecule has 0 aliphatic rings. The minimum Gasteiger partial charge on any atom is -0.374 e. The average molecular weight is 357 g/mol. The van der Waals surface area contributed by atoms with Crippen molar-refractivity contribution in [3.05, 3.63) is 28.3 Å². The van der Waals surface area contributed by atoms with Crippen molar-refractivity contribution in [2.24, 2.45) is 0 Å². The van der Waals surface area contributed by atoms with Crippen LogP contribution in [0.1, 0.15) is 15.9 Å². The second-order valence-electron chi connectivity index (χ2n) is 3.44. The summed E-state index contributed by atoms with van der Waals surface area (Å²) < 4.78 is 99.3. The maximum atomic E-state index is 12.7. The summed E-state index contributed by atoms with van der Waals surface area (Å²) in [7, 11) is -6.20. The molecular weight excluding hydrogens is 354 g/mol. The van der Waals surface area contributed by atoms with Gasteiger partial charge in [0.2, 0.25) is 0 Å². The molecule has 0 N–H and O–H groups in total. The molecule has 0 spiro atoms. The highest BCUT2D eigenvalue weighted by Gasteiger charge is 2.49. The Labute approximate surface area is 118 Å². The van der Waals surface area contributed by atoms with Crippen LogP contribution in [0.5, 0.6) is 5.75 Å². The van der Waals surface area contributed by atoms with Crippen molar-refractivity contribution in [2.75, 3.05) is 0 Å². The van der Waals surface area contributed by atoms with Gasteiger partial charge in [0, 0.05) is 5.56 Å². The van der Waals surface area contributed by atoms with Crippen LogP contribution >= 0.6 is 11.6 Å². The van der Waals surface area contributed by atoms with E-state index in [2.05, 4.69) is 4.18 Å². The SMILES string of the molecule is O=Cc1ccc(OS(=O)(=O)C(F)(F)F)c(Cl)c1C(F)(F)F. The van der Waals surface area contributed by atoms with E-state index >= 15 is 0 Å². The van der Waals surface area contributed by atoms with Crippen molar-refractivity contribution in [3.63, 3.8) is 0 Å². The summed E-state index contributed by atoms with van der Waals surface area (Å²) in [5, 5.41) is -1.47. The van der Waals surface area contributed by atoms with E-state index in [1.54, 1.807) is 0 Å². The lowest BCUT2D eigenvalue weighted by Gasteiger charge is -2.15. The molecule has 4 nitrogen and oxygen atoms in total. The Balaban J connectivity index is 3.46. The zero-order valence-corrected chi connectivity index (χ0v) is 11.0. The molecule has 0 atom stereocenters. The number of aldehydes is 1. The van der Waals surface area contributed by atoms with Gasteiger partial charge in [-0.25, -0.2) is 0 Å². The maximum absolute atomic E-state index is 12.7. The zero-order chi connectivity index (χ0) is 16.6. The monoisotopic (exact) mass is 356 g/mol. The molecule has 0 aliphatic heterocycles. The summed E-state index contributed by atoms with van der Waals surface area (Å²) >= 11 is 5.20. The molecule has 0 bridgehead atoms. The van der Waals surface area contributed by atoms with Crippen molar-refractivity contribution >= 4 is 28.0 Å². The number of alkyl halides is 6. The van der Waals surface area contributed by atoms with Gasteiger partial charge in [-0.2, -0.15) is 34.8 Å². The molecule has 1 rings (SSSR count). The zero-order valence-electron chi connectivity index (χ0n) is 9.42. The standard InChI is InChI=1S/C9H3ClF6O4S/c10-7-5(20-21(18,19)9(14,15)16)2-1-4(3-17)6(7)8(11,12)13/h1-3H. The molecule has 0 radical (unpaired) electrons. The summed E-state index contributed by atoms with van der Waals surface area (Å²) in [5.74, 6) is -1.40. The van der Waals surface area contributed by atoms with Gasteiger partial charge in [-0.1, -0.05) is 11.6 Å². The number of halogens is 7. The van der Waals surface area contributed by atoms with Crippen LogP contribution in [0.4, 0.5) is 26.3 Å². The molecule has 118 valence electrons. The number of hydrogen-bond acceptors (Lipinski definition) is 4. The van der Waals surface area contributed by atoms with Crippen LogP contribution in [0.3, 0.4) is 0 Å². The van der Waals surface area contributed by atoms with Crippen LogP contribution in [0.15, 0.2) is 12.1 Å². The highest BCUT2D eigenvalue weighted by molar-refractivity contribution is 7.88. The fourth-order valence-electron chi connectivity index (χ4n) is 1.19. The average Bonchev–Trinajstić information content (AvgIpc) is 2.28. The van der Waals surface area contributed by atoms with Gasteiger partial charge < -0.3 is 4.18 Å². The number of carbonyl (C=O) groups excluding carboxylic acids is 1. The molecule has 0 amide bonds. The third kappa shape index (κ3) is 3.59. The van der Waals surface area contributed by atoms with E-state index in [-0.39, 0.29) is 6.29 Å². The molecule has 0 aromatic heterocycles. The molecular formula is C9H3ClF6O4S. The van der Waals surface area contributed by atoms with E-state index in [1.807, 2.05) is 0 Å². The Morgan fingerprint density at radius 3 is 2.00 bits per heavy atom. The Morgan fingerprint density at radius 2 is 1.62 bits per heavy atom. The predicted molar refractivity (Wildman–Crippen MR) is 57.4 cm³/mol. The van der Waals surface area contributed by atoms with Crippen LogP contribution in [0, 0.1) is 0 Å². The maximum Gasteiger partial charge on any atom is 0.534 e. The third-order valence-corrected chi connectivity index (χ3v) is 3.37. The van der Waals surface area contributed by atoms with Crippen LogP contribution in [0.25, 0.3) is 0 Å². The smallest absolute Gasteiger partial charge is 0.374 e. The van der Waals surface area contributed by atoms with E-state index in [0.717, 1.165) is 0 Å². The molecule has 0 aliphatic carbocycles. The first-order valence-electron chi connectivity index (χ1n) is 4.67. The minimum atomic E-state index is -6.20. The van der Waals surface area contributed by atoms with E-state index in [0.29, 0.717) is 12.1 Å². The Hall–Kier alpha value is -1.49. The molecule has 0 saturated heterocycles. The largest absolute Gasteiger partial charge is 0.534 e. The van der Waals surface area contributed by atoms with E-state index in [4.69, 9.17) is 11.6 Å². The van der Waals surface area contributed by atoms with E-state index in [9.17, 15) is 39.6 Å². The number of benzene rings is 1. The normalized spacial score (nSPS) is 13.1. The van der Waals surface area contributed by atoms with Crippen LogP contribution in [-0.4, -0.2) is 20.2 Å². The molecule has 0 heterocycles. The highest BCUT2D eigenvalue weighted by Crippen LogP contribution is 2.42. The summed E-state index contributed by atoms with van der Waals surface area (Å²) in [6.07, 6.45) is -5.44. The van der Waals surface area contributed by atoms with Crippen molar-refractivity contribution in [1.82, 2.24) is 0 Å².